The summed E-state index contributed by atoms with van der Waals surface area (Å²) in [5, 5.41) is 5.40. The number of nitrogens with zero attached hydrogens (tertiary/aromatic N) is 1. The van der Waals surface area contributed by atoms with Crippen LogP contribution in [0.5, 0.6) is 5.75 Å². The molecule has 1 spiro atoms. The van der Waals surface area contributed by atoms with Crippen molar-refractivity contribution >= 4 is 29.5 Å². The highest BCUT2D eigenvalue weighted by Gasteiger charge is 2.52. The summed E-state index contributed by atoms with van der Waals surface area (Å²) in [5.41, 5.74) is -0.389. The number of amides is 4. The Morgan fingerprint density at radius 3 is 2.48 bits per heavy atom. The van der Waals surface area contributed by atoms with Crippen LogP contribution in [0, 0.1) is 5.92 Å². The number of carbonyl (C=O) groups is 4. The van der Waals surface area contributed by atoms with Crippen LogP contribution < -0.4 is 15.4 Å². The lowest BCUT2D eigenvalue weighted by atomic mass is 9.77. The summed E-state index contributed by atoms with van der Waals surface area (Å²) in [6.07, 6.45) is 1.71. The van der Waals surface area contributed by atoms with Crippen LogP contribution in [0.4, 0.5) is 10.5 Å². The topological polar surface area (TPSA) is 114 Å². The monoisotopic (exact) mass is 431 g/mol. The smallest absolute Gasteiger partial charge is 0.327 e. The first-order chi connectivity index (χ1) is 14.7. The number of hydrogen-bond donors (Lipinski definition) is 2. The van der Waals surface area contributed by atoms with Gasteiger partial charge in [0.05, 0.1) is 6.61 Å². The van der Waals surface area contributed by atoms with Gasteiger partial charge < -0.3 is 20.1 Å². The summed E-state index contributed by atoms with van der Waals surface area (Å²) >= 11 is 0. The Morgan fingerprint density at radius 1 is 1.23 bits per heavy atom. The van der Waals surface area contributed by atoms with E-state index in [0.717, 1.165) is 17.7 Å². The number of nitrogens with one attached hydrogen (secondary N) is 2. The molecule has 9 nitrogen and oxygen atoms in total. The molecule has 1 saturated carbocycles. The molecule has 1 aliphatic heterocycles. The van der Waals surface area contributed by atoms with Crippen LogP contribution in [0.25, 0.3) is 0 Å². The highest BCUT2D eigenvalue weighted by Crippen LogP contribution is 2.36. The van der Waals surface area contributed by atoms with Gasteiger partial charge in [-0.1, -0.05) is 6.92 Å². The molecule has 4 amide bonds. The minimum Gasteiger partial charge on any atom is -0.494 e. The number of anilines is 1. The van der Waals surface area contributed by atoms with Gasteiger partial charge in [0.2, 0.25) is 0 Å². The molecule has 0 bridgehead atoms. The fourth-order valence-corrected chi connectivity index (χ4v) is 3.88. The quantitative estimate of drug-likeness (QED) is 0.506. The third kappa shape index (κ3) is 5.15. The second-order valence-electron chi connectivity index (χ2n) is 8.16. The molecule has 1 saturated heterocycles. The lowest BCUT2D eigenvalue weighted by Gasteiger charge is -2.33. The highest BCUT2D eigenvalue weighted by atomic mass is 16.5. The molecule has 2 aliphatic rings. The average molecular weight is 431 g/mol. The Hall–Kier alpha value is -3.10. The van der Waals surface area contributed by atoms with Crippen LogP contribution in [-0.2, 0) is 19.1 Å². The van der Waals surface area contributed by atoms with Gasteiger partial charge in [-0.25, -0.2) is 4.79 Å². The van der Waals surface area contributed by atoms with Crippen molar-refractivity contribution in [2.75, 3.05) is 18.5 Å². The summed E-state index contributed by atoms with van der Waals surface area (Å²) in [7, 11) is 0. The molecular weight excluding hydrogens is 402 g/mol. The van der Waals surface area contributed by atoms with E-state index in [0.29, 0.717) is 36.8 Å². The summed E-state index contributed by atoms with van der Waals surface area (Å²) in [6.45, 7) is 5.43. The van der Waals surface area contributed by atoms with E-state index >= 15 is 0 Å². The molecule has 31 heavy (non-hydrogen) atoms. The van der Waals surface area contributed by atoms with E-state index in [-0.39, 0.29) is 0 Å². The standard InChI is InChI=1S/C22H29N3O6/c1-4-30-17-7-5-16(6-8-17)23-19(27)15(3)31-18(26)13-25-20(28)22(24-21(25)29)11-9-14(2)10-12-22/h5-8,14-15H,4,9-13H2,1-3H3,(H,23,27)(H,24,29)/t14?,15-,22?/m0/s1. The van der Waals surface area contributed by atoms with Crippen molar-refractivity contribution < 1.29 is 28.7 Å². The third-order valence-electron chi connectivity index (χ3n) is 5.77. The van der Waals surface area contributed by atoms with Crippen LogP contribution in [0.1, 0.15) is 46.5 Å². The zero-order valence-electron chi connectivity index (χ0n) is 18.1. The molecular formula is C22H29N3O6. The summed E-state index contributed by atoms with van der Waals surface area (Å²) in [4.78, 5) is 50.6. The molecule has 1 aromatic carbocycles. The maximum absolute atomic E-state index is 12.8. The fraction of sp³-hybridized carbons (Fsp3) is 0.545. The highest BCUT2D eigenvalue weighted by molar-refractivity contribution is 6.08. The van der Waals surface area contributed by atoms with Crippen LogP contribution in [0.2, 0.25) is 0 Å². The van der Waals surface area contributed by atoms with Gasteiger partial charge in [0.1, 0.15) is 17.8 Å². The average Bonchev–Trinajstić information content (AvgIpc) is 2.96. The SMILES string of the molecule is CCOc1ccc(NC(=O)[C@H](C)OC(=O)CN2C(=O)NC3(CCC(C)CC3)C2=O)cc1. The molecule has 1 heterocycles. The number of rotatable bonds is 7. The maximum Gasteiger partial charge on any atom is 0.327 e. The number of esters is 1. The lowest BCUT2D eigenvalue weighted by Crippen LogP contribution is -2.49. The first kappa shape index (κ1) is 22.6. The first-order valence-corrected chi connectivity index (χ1v) is 10.6. The Kier molecular flexibility index (Phi) is 6.82. The van der Waals surface area contributed by atoms with E-state index in [4.69, 9.17) is 9.47 Å². The number of urea groups is 1. The predicted octanol–water partition coefficient (Wildman–Crippen LogP) is 2.46. The molecule has 1 aliphatic carbocycles. The number of imide groups is 1. The Balaban J connectivity index is 1.52. The van der Waals surface area contributed by atoms with Gasteiger partial charge in [0, 0.05) is 5.69 Å². The predicted molar refractivity (Wildman–Crippen MR) is 112 cm³/mol. The minimum atomic E-state index is -1.09. The zero-order chi connectivity index (χ0) is 22.6. The maximum atomic E-state index is 12.8. The molecule has 1 atom stereocenters. The van der Waals surface area contributed by atoms with Crippen LogP contribution in [-0.4, -0.2) is 53.5 Å². The molecule has 168 valence electrons. The lowest BCUT2D eigenvalue weighted by molar-refractivity contribution is -0.155. The Bertz CT molecular complexity index is 845. The van der Waals surface area contributed by atoms with Crippen LogP contribution in [0.3, 0.4) is 0 Å². The van der Waals surface area contributed by atoms with Gasteiger partial charge in [-0.05, 0) is 69.7 Å². The van der Waals surface area contributed by atoms with Crippen LogP contribution in [0.15, 0.2) is 24.3 Å². The van der Waals surface area contributed by atoms with Crippen molar-refractivity contribution in [3.63, 3.8) is 0 Å². The molecule has 2 fully saturated rings. The van der Waals surface area contributed by atoms with E-state index in [2.05, 4.69) is 17.6 Å². The van der Waals surface area contributed by atoms with Gasteiger partial charge in [-0.15, -0.1) is 0 Å². The van der Waals surface area contributed by atoms with E-state index < -0.39 is 42.0 Å². The van der Waals surface area contributed by atoms with Crippen molar-refractivity contribution in [1.29, 1.82) is 0 Å². The number of hydrogen-bond acceptors (Lipinski definition) is 6. The molecule has 3 rings (SSSR count). The first-order valence-electron chi connectivity index (χ1n) is 10.6. The van der Waals surface area contributed by atoms with Gasteiger partial charge in [0.15, 0.2) is 6.10 Å². The van der Waals surface area contributed by atoms with Gasteiger partial charge in [-0.2, -0.15) is 0 Å². The van der Waals surface area contributed by atoms with Crippen molar-refractivity contribution in [1.82, 2.24) is 10.2 Å². The molecule has 0 aromatic heterocycles. The van der Waals surface area contributed by atoms with Crippen molar-refractivity contribution in [3.8, 4) is 5.75 Å². The van der Waals surface area contributed by atoms with Crippen molar-refractivity contribution in [2.24, 2.45) is 5.92 Å². The third-order valence-corrected chi connectivity index (χ3v) is 5.77. The van der Waals surface area contributed by atoms with E-state index in [9.17, 15) is 19.2 Å². The summed E-state index contributed by atoms with van der Waals surface area (Å²) in [6, 6.07) is 6.19. The Morgan fingerprint density at radius 2 is 1.87 bits per heavy atom. The summed E-state index contributed by atoms with van der Waals surface area (Å²) < 4.78 is 10.5. The Labute approximate surface area is 181 Å². The molecule has 9 heteroatoms. The largest absolute Gasteiger partial charge is 0.494 e. The molecule has 1 aromatic rings. The molecule has 2 N–H and O–H groups in total. The zero-order valence-corrected chi connectivity index (χ0v) is 18.1. The van der Waals surface area contributed by atoms with E-state index in [1.165, 1.54) is 6.92 Å². The van der Waals surface area contributed by atoms with Gasteiger partial charge in [0.25, 0.3) is 11.8 Å². The molecule has 0 radical (unpaired) electrons. The second kappa shape index (κ2) is 9.36. The number of carbonyl (C=O) groups excluding carboxylic acids is 4. The van der Waals surface area contributed by atoms with Gasteiger partial charge in [-0.3, -0.25) is 19.3 Å². The molecule has 0 unspecified atom stereocenters. The van der Waals surface area contributed by atoms with Crippen LogP contribution >= 0.6 is 0 Å². The van der Waals surface area contributed by atoms with E-state index in [1.807, 2.05) is 6.92 Å². The summed E-state index contributed by atoms with van der Waals surface area (Å²) in [5.74, 6) is -0.554. The minimum absolute atomic E-state index is 0.396. The van der Waals surface area contributed by atoms with Crippen molar-refractivity contribution in [2.45, 2.75) is 58.1 Å². The normalized spacial score (nSPS) is 24.0. The number of ether oxygens (including phenoxy) is 2. The second-order valence-corrected chi connectivity index (χ2v) is 8.16. The van der Waals surface area contributed by atoms with Crippen molar-refractivity contribution in [3.05, 3.63) is 24.3 Å². The fourth-order valence-electron chi connectivity index (χ4n) is 3.88. The van der Waals surface area contributed by atoms with Gasteiger partial charge >= 0.3 is 12.0 Å². The number of benzene rings is 1. The van der Waals surface area contributed by atoms with E-state index in [1.54, 1.807) is 24.3 Å².